The third-order valence-electron chi connectivity index (χ3n) is 3.61. The summed E-state index contributed by atoms with van der Waals surface area (Å²) in [5.41, 5.74) is 0.856. The standard InChI is InChI=1S/C17H19N3O3S/c1-4-22-17(21)14-10(2)13-15(19-11(3)20-16(13)24-14)18-8-7-12-6-5-9-23-12/h5-6,9H,4,7-8H2,1-3H3,(H,18,19,20). The first-order chi connectivity index (χ1) is 11.6. The number of rotatable bonds is 6. The van der Waals surface area contributed by atoms with Crippen LogP contribution in [-0.2, 0) is 11.2 Å². The van der Waals surface area contributed by atoms with Crippen molar-refractivity contribution in [2.45, 2.75) is 27.2 Å². The second-order valence-corrected chi connectivity index (χ2v) is 6.33. The van der Waals surface area contributed by atoms with Crippen LogP contribution in [0, 0.1) is 13.8 Å². The zero-order valence-corrected chi connectivity index (χ0v) is 14.7. The number of carbonyl (C=O) groups is 1. The fraction of sp³-hybridized carbons (Fsp3) is 0.353. The molecule has 0 aliphatic carbocycles. The highest BCUT2D eigenvalue weighted by molar-refractivity contribution is 7.20. The third-order valence-corrected chi connectivity index (χ3v) is 4.77. The van der Waals surface area contributed by atoms with Gasteiger partial charge < -0.3 is 14.5 Å². The van der Waals surface area contributed by atoms with E-state index in [1.165, 1.54) is 11.3 Å². The van der Waals surface area contributed by atoms with E-state index in [-0.39, 0.29) is 5.97 Å². The Kier molecular flexibility index (Phi) is 4.80. The Bertz CT molecular complexity index is 856. The highest BCUT2D eigenvalue weighted by atomic mass is 32.1. The summed E-state index contributed by atoms with van der Waals surface area (Å²) in [6, 6.07) is 3.81. The summed E-state index contributed by atoms with van der Waals surface area (Å²) in [4.78, 5) is 22.4. The van der Waals surface area contributed by atoms with Crippen LogP contribution in [0.15, 0.2) is 22.8 Å². The summed E-state index contributed by atoms with van der Waals surface area (Å²) in [6.45, 7) is 6.58. The molecule has 3 rings (SSSR count). The van der Waals surface area contributed by atoms with E-state index in [4.69, 9.17) is 9.15 Å². The Morgan fingerprint density at radius 3 is 2.92 bits per heavy atom. The summed E-state index contributed by atoms with van der Waals surface area (Å²) in [7, 11) is 0. The minimum atomic E-state index is -0.308. The van der Waals surface area contributed by atoms with Gasteiger partial charge in [0.25, 0.3) is 0 Å². The van der Waals surface area contributed by atoms with Gasteiger partial charge in [-0.25, -0.2) is 14.8 Å². The highest BCUT2D eigenvalue weighted by Crippen LogP contribution is 2.34. The molecule has 3 aromatic rings. The van der Waals surface area contributed by atoms with Gasteiger partial charge in [0.2, 0.25) is 0 Å². The molecular formula is C17H19N3O3S. The molecule has 0 saturated carbocycles. The number of esters is 1. The maximum Gasteiger partial charge on any atom is 0.348 e. The molecule has 126 valence electrons. The molecule has 7 heteroatoms. The quantitative estimate of drug-likeness (QED) is 0.686. The topological polar surface area (TPSA) is 77.2 Å². The highest BCUT2D eigenvalue weighted by Gasteiger charge is 2.20. The van der Waals surface area contributed by atoms with Crippen LogP contribution in [0.1, 0.15) is 33.7 Å². The Morgan fingerprint density at radius 2 is 2.21 bits per heavy atom. The Labute approximate surface area is 143 Å². The van der Waals surface area contributed by atoms with Crippen LogP contribution in [0.4, 0.5) is 5.82 Å². The van der Waals surface area contributed by atoms with Crippen LogP contribution in [0.3, 0.4) is 0 Å². The number of hydrogen-bond acceptors (Lipinski definition) is 7. The van der Waals surface area contributed by atoms with Crippen LogP contribution >= 0.6 is 11.3 Å². The Morgan fingerprint density at radius 1 is 1.38 bits per heavy atom. The molecular weight excluding hydrogens is 326 g/mol. The summed E-state index contributed by atoms with van der Waals surface area (Å²) in [5.74, 6) is 2.02. The molecule has 0 aromatic carbocycles. The first-order valence-electron chi connectivity index (χ1n) is 7.81. The first kappa shape index (κ1) is 16.4. The van der Waals surface area contributed by atoms with Gasteiger partial charge in [0.1, 0.15) is 27.1 Å². The number of nitrogens with one attached hydrogen (secondary N) is 1. The fourth-order valence-corrected chi connectivity index (χ4v) is 3.64. The molecule has 24 heavy (non-hydrogen) atoms. The SMILES string of the molecule is CCOC(=O)c1sc2nc(C)nc(NCCc3ccco3)c2c1C. The zero-order valence-electron chi connectivity index (χ0n) is 13.9. The van der Waals surface area contributed by atoms with Crippen molar-refractivity contribution in [2.24, 2.45) is 0 Å². The number of nitrogens with zero attached hydrogens (tertiary/aromatic N) is 2. The van der Waals surface area contributed by atoms with Crippen LogP contribution in [0.25, 0.3) is 10.2 Å². The van der Waals surface area contributed by atoms with Crippen molar-refractivity contribution < 1.29 is 13.9 Å². The van der Waals surface area contributed by atoms with Gasteiger partial charge in [-0.3, -0.25) is 0 Å². The van der Waals surface area contributed by atoms with E-state index in [9.17, 15) is 4.79 Å². The number of ether oxygens (including phenoxy) is 1. The van der Waals surface area contributed by atoms with Gasteiger partial charge in [-0.1, -0.05) is 0 Å². The molecule has 0 aliphatic rings. The van der Waals surface area contributed by atoms with Crippen molar-refractivity contribution >= 4 is 33.3 Å². The van der Waals surface area contributed by atoms with E-state index < -0.39 is 0 Å². The molecule has 0 radical (unpaired) electrons. The van der Waals surface area contributed by atoms with Gasteiger partial charge in [0, 0.05) is 13.0 Å². The largest absolute Gasteiger partial charge is 0.469 e. The Balaban J connectivity index is 1.90. The van der Waals surface area contributed by atoms with Crippen LogP contribution in [0.5, 0.6) is 0 Å². The number of thiophene rings is 1. The molecule has 3 heterocycles. The lowest BCUT2D eigenvalue weighted by Crippen LogP contribution is -2.08. The molecule has 0 bridgehead atoms. The van der Waals surface area contributed by atoms with Crippen LogP contribution in [0.2, 0.25) is 0 Å². The van der Waals surface area contributed by atoms with Crippen molar-refractivity contribution in [3.63, 3.8) is 0 Å². The summed E-state index contributed by atoms with van der Waals surface area (Å²) in [6.07, 6.45) is 2.42. The monoisotopic (exact) mass is 345 g/mol. The lowest BCUT2D eigenvalue weighted by atomic mass is 10.2. The van der Waals surface area contributed by atoms with Gasteiger partial charge in [-0.15, -0.1) is 11.3 Å². The van der Waals surface area contributed by atoms with Crippen molar-refractivity contribution in [3.8, 4) is 0 Å². The molecule has 0 spiro atoms. The third kappa shape index (κ3) is 3.26. The second kappa shape index (κ2) is 7.00. The summed E-state index contributed by atoms with van der Waals surface area (Å²) >= 11 is 1.35. The maximum absolute atomic E-state index is 12.1. The molecule has 1 N–H and O–H groups in total. The average molecular weight is 345 g/mol. The lowest BCUT2D eigenvalue weighted by Gasteiger charge is -2.07. The molecule has 0 atom stereocenters. The number of fused-ring (bicyclic) bond motifs is 1. The van der Waals surface area contributed by atoms with Crippen molar-refractivity contribution in [3.05, 3.63) is 40.4 Å². The van der Waals surface area contributed by atoms with E-state index in [0.717, 1.165) is 33.8 Å². The minimum absolute atomic E-state index is 0.308. The van der Waals surface area contributed by atoms with Gasteiger partial charge in [-0.05, 0) is 38.5 Å². The van der Waals surface area contributed by atoms with Crippen LogP contribution < -0.4 is 5.32 Å². The fourth-order valence-electron chi connectivity index (χ4n) is 2.52. The summed E-state index contributed by atoms with van der Waals surface area (Å²) in [5, 5.41) is 4.22. The predicted octanol–water partition coefficient (Wildman–Crippen LogP) is 3.73. The molecule has 3 aromatic heterocycles. The predicted molar refractivity (Wildman–Crippen MR) is 93.7 cm³/mol. The summed E-state index contributed by atoms with van der Waals surface area (Å²) < 4.78 is 10.5. The number of furan rings is 1. The van der Waals surface area contributed by atoms with E-state index in [2.05, 4.69) is 15.3 Å². The van der Waals surface area contributed by atoms with Gasteiger partial charge in [0.05, 0.1) is 18.3 Å². The van der Waals surface area contributed by atoms with Crippen LogP contribution in [-0.4, -0.2) is 29.1 Å². The molecule has 0 saturated heterocycles. The molecule has 0 amide bonds. The minimum Gasteiger partial charge on any atom is -0.469 e. The number of aryl methyl sites for hydroxylation is 2. The van der Waals surface area contributed by atoms with Gasteiger partial charge in [-0.2, -0.15) is 0 Å². The van der Waals surface area contributed by atoms with Crippen molar-refractivity contribution in [1.82, 2.24) is 9.97 Å². The first-order valence-corrected chi connectivity index (χ1v) is 8.63. The molecule has 0 unspecified atom stereocenters. The normalized spacial score (nSPS) is 11.0. The van der Waals surface area contributed by atoms with E-state index in [1.54, 1.807) is 13.2 Å². The second-order valence-electron chi connectivity index (χ2n) is 5.33. The molecule has 6 nitrogen and oxygen atoms in total. The Hall–Kier alpha value is -2.41. The van der Waals surface area contributed by atoms with Gasteiger partial charge in [0.15, 0.2) is 0 Å². The number of hydrogen-bond donors (Lipinski definition) is 1. The van der Waals surface area contributed by atoms with E-state index >= 15 is 0 Å². The lowest BCUT2D eigenvalue weighted by molar-refractivity contribution is 0.0531. The zero-order chi connectivity index (χ0) is 17.1. The van der Waals surface area contributed by atoms with Crippen molar-refractivity contribution in [2.75, 3.05) is 18.5 Å². The number of anilines is 1. The number of carbonyl (C=O) groups excluding carboxylic acids is 1. The average Bonchev–Trinajstić information content (AvgIpc) is 3.15. The van der Waals surface area contributed by atoms with E-state index in [1.807, 2.05) is 26.0 Å². The maximum atomic E-state index is 12.1. The molecule has 0 aliphatic heterocycles. The molecule has 0 fully saturated rings. The van der Waals surface area contributed by atoms with E-state index in [0.29, 0.717) is 23.9 Å². The number of aromatic nitrogens is 2. The van der Waals surface area contributed by atoms with Gasteiger partial charge >= 0.3 is 5.97 Å². The smallest absolute Gasteiger partial charge is 0.348 e. The van der Waals surface area contributed by atoms with Crippen molar-refractivity contribution in [1.29, 1.82) is 0 Å².